The summed E-state index contributed by atoms with van der Waals surface area (Å²) < 4.78 is 39.9. The van der Waals surface area contributed by atoms with Crippen LogP contribution in [0.3, 0.4) is 0 Å². The summed E-state index contributed by atoms with van der Waals surface area (Å²) in [5, 5.41) is 12.0. The zero-order valence-electron chi connectivity index (χ0n) is 27.7. The molecule has 0 unspecified atom stereocenters. The Balaban J connectivity index is 4.49. The first-order valence-electron chi connectivity index (χ1n) is 15.5. The van der Waals surface area contributed by atoms with Crippen molar-refractivity contribution in [2.24, 2.45) is 0 Å². The summed E-state index contributed by atoms with van der Waals surface area (Å²) in [6.07, 6.45) is 13.4. The molecular weight excluding hydrogens is 545 g/mol. The summed E-state index contributed by atoms with van der Waals surface area (Å²) in [6.45, 7) is 24.7. The minimum Gasteiger partial charge on any atom is -0.417 e. The second-order valence-corrected chi connectivity index (χ2v) is 26.0. The number of hydrogen-bond acceptors (Lipinski definition) is 6. The molecule has 0 aromatic rings. The zero-order valence-corrected chi connectivity index (χ0v) is 30.5. The second kappa shape index (κ2) is 17.4. The van der Waals surface area contributed by atoms with Gasteiger partial charge in [-0.25, -0.2) is 0 Å². The molecule has 0 fully saturated rings. The molecule has 0 aliphatic carbocycles. The minimum atomic E-state index is -3.40. The number of hydrogen-bond donors (Lipinski definition) is 1. The SMILES string of the molecule is CC(C)(C)[Si](C)(C)OCCCCCCC(O)(CCCCCCO[Si](C)(C)C(C)(C)C)CCCCOS(C)(=O)=O. The van der Waals surface area contributed by atoms with Crippen molar-refractivity contribution in [2.45, 2.75) is 167 Å². The molecule has 0 heterocycles. The van der Waals surface area contributed by atoms with Crippen molar-refractivity contribution < 1.29 is 26.6 Å². The van der Waals surface area contributed by atoms with Gasteiger partial charge in [-0.2, -0.15) is 8.42 Å². The maximum Gasteiger partial charge on any atom is 0.264 e. The van der Waals surface area contributed by atoms with Crippen molar-refractivity contribution in [3.05, 3.63) is 0 Å². The Morgan fingerprint density at radius 3 is 1.21 bits per heavy atom. The fourth-order valence-corrected chi connectivity index (χ4v) is 6.64. The summed E-state index contributed by atoms with van der Waals surface area (Å²) in [6, 6.07) is 0. The maximum absolute atomic E-state index is 11.5. The third-order valence-electron chi connectivity index (χ3n) is 8.95. The number of unbranched alkanes of at least 4 members (excludes halogenated alkanes) is 7. The highest BCUT2D eigenvalue weighted by atomic mass is 32.2. The standard InChI is InChI=1S/C30H66O6SSi2/c1-28(2,3)38(8,9)35-26-19-14-12-16-22-30(31,24-18-21-25-34-37(7,32)33)23-17-13-15-20-27-36-39(10,11)29(4,5)6/h31H,12-27H2,1-11H3. The molecule has 0 aromatic heterocycles. The molecule has 0 amide bonds. The average Bonchev–Trinajstić information content (AvgIpc) is 2.75. The molecule has 236 valence electrons. The third-order valence-corrected chi connectivity index (χ3v) is 18.6. The Morgan fingerprint density at radius 1 is 0.564 bits per heavy atom. The smallest absolute Gasteiger partial charge is 0.264 e. The Labute approximate surface area is 245 Å². The van der Waals surface area contributed by atoms with Crippen molar-refractivity contribution in [3.63, 3.8) is 0 Å². The van der Waals surface area contributed by atoms with E-state index in [0.717, 1.165) is 90.1 Å². The number of aliphatic hydroxyl groups is 1. The van der Waals surface area contributed by atoms with Crippen LogP contribution in [-0.4, -0.2) is 61.8 Å². The monoisotopic (exact) mass is 610 g/mol. The molecule has 0 radical (unpaired) electrons. The van der Waals surface area contributed by atoms with E-state index in [1.807, 2.05) is 0 Å². The van der Waals surface area contributed by atoms with Gasteiger partial charge in [0.15, 0.2) is 16.6 Å². The second-order valence-electron chi connectivity index (χ2n) is 14.8. The first-order valence-corrected chi connectivity index (χ1v) is 23.1. The highest BCUT2D eigenvalue weighted by Crippen LogP contribution is 2.37. The molecule has 0 spiro atoms. The van der Waals surface area contributed by atoms with Gasteiger partial charge < -0.3 is 14.0 Å². The van der Waals surface area contributed by atoms with Crippen molar-refractivity contribution in [1.29, 1.82) is 0 Å². The van der Waals surface area contributed by atoms with Crippen LogP contribution in [0, 0.1) is 0 Å². The van der Waals surface area contributed by atoms with Crippen LogP contribution < -0.4 is 0 Å². The van der Waals surface area contributed by atoms with E-state index in [2.05, 4.69) is 67.7 Å². The van der Waals surface area contributed by atoms with Crippen molar-refractivity contribution >= 4 is 26.8 Å². The lowest BCUT2D eigenvalue weighted by Gasteiger charge is -2.36. The van der Waals surface area contributed by atoms with E-state index < -0.39 is 32.4 Å². The van der Waals surface area contributed by atoms with Gasteiger partial charge in [-0.05, 0) is 81.2 Å². The van der Waals surface area contributed by atoms with Crippen molar-refractivity contribution in [3.8, 4) is 0 Å². The van der Waals surface area contributed by atoms with Gasteiger partial charge in [0.2, 0.25) is 0 Å². The Bertz CT molecular complexity index is 714. The fraction of sp³-hybridized carbons (Fsp3) is 1.00. The van der Waals surface area contributed by atoms with Crippen LogP contribution in [0.5, 0.6) is 0 Å². The van der Waals surface area contributed by atoms with Gasteiger partial charge >= 0.3 is 0 Å². The van der Waals surface area contributed by atoms with E-state index in [-0.39, 0.29) is 16.7 Å². The summed E-state index contributed by atoms with van der Waals surface area (Å²) in [7, 11) is -6.76. The van der Waals surface area contributed by atoms with E-state index in [0.29, 0.717) is 12.8 Å². The van der Waals surface area contributed by atoms with Gasteiger partial charge in [-0.3, -0.25) is 4.18 Å². The molecule has 0 aliphatic heterocycles. The lowest BCUT2D eigenvalue weighted by atomic mass is 9.85. The van der Waals surface area contributed by atoms with Gasteiger partial charge in [0.1, 0.15) is 0 Å². The van der Waals surface area contributed by atoms with Crippen LogP contribution in [0.25, 0.3) is 0 Å². The molecule has 0 bridgehead atoms. The summed E-state index contributed by atoms with van der Waals surface area (Å²) >= 11 is 0. The molecule has 1 N–H and O–H groups in total. The lowest BCUT2D eigenvalue weighted by molar-refractivity contribution is 0.00650. The molecule has 39 heavy (non-hydrogen) atoms. The summed E-state index contributed by atoms with van der Waals surface area (Å²) in [4.78, 5) is 0. The minimum absolute atomic E-state index is 0.192. The molecule has 6 nitrogen and oxygen atoms in total. The topological polar surface area (TPSA) is 82.1 Å². The molecule has 0 saturated heterocycles. The van der Waals surface area contributed by atoms with Crippen LogP contribution in [0.1, 0.15) is 125 Å². The molecule has 0 rings (SSSR count). The van der Waals surface area contributed by atoms with Crippen molar-refractivity contribution in [2.75, 3.05) is 26.1 Å². The Hall–Kier alpha value is 0.224. The van der Waals surface area contributed by atoms with Gasteiger partial charge in [0, 0.05) is 13.2 Å². The zero-order chi connectivity index (χ0) is 30.4. The molecular formula is C30H66O6SSi2. The normalized spacial score (nSPS) is 14.3. The summed E-state index contributed by atoms with van der Waals surface area (Å²) in [5.41, 5.74) is -0.680. The van der Waals surface area contributed by atoms with E-state index in [4.69, 9.17) is 13.0 Å². The van der Waals surface area contributed by atoms with Gasteiger partial charge in [-0.1, -0.05) is 80.1 Å². The third kappa shape index (κ3) is 18.4. The largest absolute Gasteiger partial charge is 0.417 e. The van der Waals surface area contributed by atoms with Crippen LogP contribution in [0.2, 0.25) is 36.3 Å². The van der Waals surface area contributed by atoms with E-state index in [1.165, 1.54) is 0 Å². The first kappa shape index (κ1) is 39.2. The first-order chi connectivity index (χ1) is 17.6. The maximum atomic E-state index is 11.5. The van der Waals surface area contributed by atoms with E-state index in [1.54, 1.807) is 0 Å². The van der Waals surface area contributed by atoms with Crippen LogP contribution in [0.15, 0.2) is 0 Å². The summed E-state index contributed by atoms with van der Waals surface area (Å²) in [5.74, 6) is 0. The molecule has 9 heteroatoms. The van der Waals surface area contributed by atoms with Crippen LogP contribution in [0.4, 0.5) is 0 Å². The van der Waals surface area contributed by atoms with E-state index >= 15 is 0 Å². The molecule has 0 aromatic carbocycles. The Morgan fingerprint density at radius 2 is 0.872 bits per heavy atom. The Kier molecular flexibility index (Phi) is 17.5. The van der Waals surface area contributed by atoms with Gasteiger partial charge in [0.05, 0.1) is 18.5 Å². The van der Waals surface area contributed by atoms with Crippen molar-refractivity contribution in [1.82, 2.24) is 0 Å². The molecule has 0 saturated carbocycles. The van der Waals surface area contributed by atoms with Gasteiger partial charge in [0.25, 0.3) is 10.1 Å². The van der Waals surface area contributed by atoms with E-state index in [9.17, 15) is 13.5 Å². The molecule has 0 aliphatic rings. The fourth-order valence-electron chi connectivity index (χ4n) is 4.05. The molecule has 0 atom stereocenters. The highest BCUT2D eigenvalue weighted by molar-refractivity contribution is 7.85. The highest BCUT2D eigenvalue weighted by Gasteiger charge is 2.37. The lowest BCUT2D eigenvalue weighted by Crippen LogP contribution is -2.40. The quantitative estimate of drug-likeness (QED) is 0.0749. The van der Waals surface area contributed by atoms with Crippen LogP contribution in [-0.2, 0) is 23.2 Å². The average molecular weight is 611 g/mol. The predicted molar refractivity (Wildman–Crippen MR) is 172 cm³/mol. The van der Waals surface area contributed by atoms with Gasteiger partial charge in [-0.15, -0.1) is 0 Å². The number of rotatable bonds is 22. The predicted octanol–water partition coefficient (Wildman–Crippen LogP) is 8.81. The van der Waals surface area contributed by atoms with Crippen LogP contribution >= 0.6 is 0 Å².